The summed E-state index contributed by atoms with van der Waals surface area (Å²) in [4.78, 5) is 17.4. The Labute approximate surface area is 126 Å². The molecular weight excluding hydrogens is 280 g/mol. The normalized spacial score (nSPS) is 11.0. The summed E-state index contributed by atoms with van der Waals surface area (Å²) in [6.45, 7) is 1.52. The molecule has 0 unspecified atom stereocenters. The van der Waals surface area contributed by atoms with Crippen LogP contribution in [0.25, 0.3) is 20.9 Å². The van der Waals surface area contributed by atoms with E-state index in [1.54, 1.807) is 48.5 Å². The SMILES string of the molecule is CC(=O)C(c1ccc(N=[N+]=[N-])cc1)c1ccc(N=[N+]=[N-])cc1. The van der Waals surface area contributed by atoms with Crippen molar-refractivity contribution in [1.29, 1.82) is 0 Å². The quantitative estimate of drug-likeness (QED) is 0.415. The molecule has 0 N–H and O–H groups in total. The second kappa shape index (κ2) is 6.95. The molecule has 7 nitrogen and oxygen atoms in total. The molecule has 2 aromatic rings. The van der Waals surface area contributed by atoms with Crippen molar-refractivity contribution in [2.24, 2.45) is 10.2 Å². The van der Waals surface area contributed by atoms with E-state index in [2.05, 4.69) is 20.1 Å². The van der Waals surface area contributed by atoms with Crippen molar-refractivity contribution in [3.8, 4) is 0 Å². The average Bonchev–Trinajstić information content (AvgIpc) is 2.51. The maximum Gasteiger partial charge on any atom is 0.141 e. The fraction of sp³-hybridized carbons (Fsp3) is 0.133. The third-order valence-corrected chi connectivity index (χ3v) is 3.18. The summed E-state index contributed by atoms with van der Waals surface area (Å²) in [5, 5.41) is 7.01. The van der Waals surface area contributed by atoms with Gasteiger partial charge in [-0.25, -0.2) is 0 Å². The molecule has 7 heteroatoms. The van der Waals surface area contributed by atoms with E-state index >= 15 is 0 Å². The first kappa shape index (κ1) is 15.1. The number of hydrogen-bond donors (Lipinski definition) is 0. The Morgan fingerprint density at radius 2 is 1.23 bits per heavy atom. The molecule has 0 atom stereocenters. The maximum absolute atomic E-state index is 12.0. The smallest absolute Gasteiger partial charge is 0.141 e. The van der Waals surface area contributed by atoms with Crippen LogP contribution in [0, 0.1) is 0 Å². The van der Waals surface area contributed by atoms with Crippen LogP contribution in [-0.2, 0) is 4.79 Å². The topological polar surface area (TPSA) is 115 Å². The lowest BCUT2D eigenvalue weighted by atomic mass is 9.88. The zero-order valence-corrected chi connectivity index (χ0v) is 11.8. The molecular formula is C15H12N6O. The number of nitrogens with zero attached hydrogens (tertiary/aromatic N) is 6. The largest absolute Gasteiger partial charge is 0.299 e. The van der Waals surface area contributed by atoms with Crippen molar-refractivity contribution >= 4 is 17.2 Å². The number of carbonyl (C=O) groups excluding carboxylic acids is 1. The van der Waals surface area contributed by atoms with Crippen molar-refractivity contribution in [1.82, 2.24) is 0 Å². The molecule has 0 saturated heterocycles. The highest BCUT2D eigenvalue weighted by Gasteiger charge is 2.18. The number of Topliss-reactive ketones (excluding diaryl/α,β-unsaturated/α-hetero) is 1. The number of azide groups is 2. The minimum Gasteiger partial charge on any atom is -0.299 e. The van der Waals surface area contributed by atoms with Gasteiger partial charge >= 0.3 is 0 Å². The lowest BCUT2D eigenvalue weighted by Gasteiger charge is -2.15. The van der Waals surface area contributed by atoms with Gasteiger partial charge in [-0.15, -0.1) is 0 Å². The number of carbonyl (C=O) groups is 1. The third-order valence-electron chi connectivity index (χ3n) is 3.18. The third kappa shape index (κ3) is 3.43. The van der Waals surface area contributed by atoms with Gasteiger partial charge in [-0.05, 0) is 29.1 Å². The summed E-state index contributed by atoms with van der Waals surface area (Å²) >= 11 is 0. The van der Waals surface area contributed by atoms with Gasteiger partial charge in [-0.2, -0.15) is 0 Å². The molecule has 0 aliphatic rings. The second-order valence-corrected chi connectivity index (χ2v) is 4.61. The number of benzene rings is 2. The first-order valence-electron chi connectivity index (χ1n) is 6.46. The van der Waals surface area contributed by atoms with E-state index in [0.29, 0.717) is 11.4 Å². The van der Waals surface area contributed by atoms with Gasteiger partial charge in [0.05, 0.1) is 5.92 Å². The molecule has 22 heavy (non-hydrogen) atoms. The van der Waals surface area contributed by atoms with Crippen LogP contribution in [0.1, 0.15) is 24.0 Å². The predicted octanol–water partition coefficient (Wildman–Crippen LogP) is 5.29. The van der Waals surface area contributed by atoms with Crippen molar-refractivity contribution in [2.75, 3.05) is 0 Å². The fourth-order valence-electron chi connectivity index (χ4n) is 2.23. The molecule has 0 heterocycles. The minimum atomic E-state index is -0.416. The molecule has 0 saturated carbocycles. The molecule has 0 radical (unpaired) electrons. The van der Waals surface area contributed by atoms with E-state index < -0.39 is 5.92 Å². The monoisotopic (exact) mass is 292 g/mol. The van der Waals surface area contributed by atoms with Gasteiger partial charge in [0.1, 0.15) is 5.78 Å². The zero-order valence-electron chi connectivity index (χ0n) is 11.8. The maximum atomic E-state index is 12.0. The Hall–Kier alpha value is -3.27. The average molecular weight is 292 g/mol. The fourth-order valence-corrected chi connectivity index (χ4v) is 2.23. The highest BCUT2D eigenvalue weighted by Crippen LogP contribution is 2.28. The van der Waals surface area contributed by atoms with Crippen molar-refractivity contribution in [3.05, 3.63) is 80.5 Å². The Kier molecular flexibility index (Phi) is 4.78. The molecule has 2 aromatic carbocycles. The van der Waals surface area contributed by atoms with E-state index in [0.717, 1.165) is 11.1 Å². The van der Waals surface area contributed by atoms with Crippen LogP contribution < -0.4 is 0 Å². The van der Waals surface area contributed by atoms with Gasteiger partial charge in [0.15, 0.2) is 0 Å². The van der Waals surface area contributed by atoms with Gasteiger partial charge < -0.3 is 0 Å². The van der Waals surface area contributed by atoms with Crippen LogP contribution in [0.15, 0.2) is 58.8 Å². The highest BCUT2D eigenvalue weighted by molar-refractivity contribution is 5.87. The van der Waals surface area contributed by atoms with Crippen molar-refractivity contribution in [2.45, 2.75) is 12.8 Å². The Bertz CT molecular complexity index is 707. The first-order valence-corrected chi connectivity index (χ1v) is 6.46. The molecule has 0 aromatic heterocycles. The lowest BCUT2D eigenvalue weighted by molar-refractivity contribution is -0.117. The summed E-state index contributed by atoms with van der Waals surface area (Å²) in [6, 6.07) is 13.7. The molecule has 2 rings (SSSR count). The summed E-state index contributed by atoms with van der Waals surface area (Å²) in [5.74, 6) is -0.423. The van der Waals surface area contributed by atoms with E-state index in [1.165, 1.54) is 6.92 Å². The highest BCUT2D eigenvalue weighted by atomic mass is 16.1. The molecule has 0 aliphatic heterocycles. The van der Waals surface area contributed by atoms with Gasteiger partial charge in [-0.1, -0.05) is 58.8 Å². The van der Waals surface area contributed by atoms with E-state index in [4.69, 9.17) is 11.1 Å². The van der Waals surface area contributed by atoms with Crippen molar-refractivity contribution in [3.63, 3.8) is 0 Å². The van der Waals surface area contributed by atoms with Gasteiger partial charge in [0, 0.05) is 21.2 Å². The van der Waals surface area contributed by atoms with E-state index in [9.17, 15) is 4.79 Å². The molecule has 0 bridgehead atoms. The molecule has 0 spiro atoms. The summed E-state index contributed by atoms with van der Waals surface area (Å²) in [7, 11) is 0. The standard InChI is InChI=1S/C15H12N6O/c1-10(22)15(11-2-6-13(7-3-11)18-20-16)12-4-8-14(9-5-12)19-21-17/h2-9,15H,1H3. The van der Waals surface area contributed by atoms with Crippen LogP contribution in [-0.4, -0.2) is 5.78 Å². The zero-order chi connectivity index (χ0) is 15.9. The lowest BCUT2D eigenvalue weighted by Crippen LogP contribution is -2.10. The summed E-state index contributed by atoms with van der Waals surface area (Å²) in [6.07, 6.45) is 0. The molecule has 0 amide bonds. The van der Waals surface area contributed by atoms with E-state index in [1.807, 2.05) is 0 Å². The van der Waals surface area contributed by atoms with Gasteiger partial charge in [0.2, 0.25) is 0 Å². The van der Waals surface area contributed by atoms with E-state index in [-0.39, 0.29) is 5.78 Å². The van der Waals surface area contributed by atoms with Crippen LogP contribution in [0.5, 0.6) is 0 Å². The Morgan fingerprint density at radius 3 is 1.50 bits per heavy atom. The van der Waals surface area contributed by atoms with Gasteiger partial charge in [-0.3, -0.25) is 4.79 Å². The Balaban J connectivity index is 2.39. The number of ketones is 1. The van der Waals surface area contributed by atoms with Crippen LogP contribution in [0.4, 0.5) is 11.4 Å². The number of rotatable bonds is 5. The van der Waals surface area contributed by atoms with Crippen LogP contribution >= 0.6 is 0 Å². The van der Waals surface area contributed by atoms with Crippen LogP contribution in [0.3, 0.4) is 0 Å². The molecule has 0 aliphatic carbocycles. The summed E-state index contributed by atoms with van der Waals surface area (Å²) in [5.41, 5.74) is 19.4. The van der Waals surface area contributed by atoms with Gasteiger partial charge in [0.25, 0.3) is 0 Å². The van der Waals surface area contributed by atoms with Crippen LogP contribution in [0.2, 0.25) is 0 Å². The number of hydrogen-bond acceptors (Lipinski definition) is 3. The molecule has 0 fully saturated rings. The van der Waals surface area contributed by atoms with Crippen molar-refractivity contribution < 1.29 is 4.79 Å². The predicted molar refractivity (Wildman–Crippen MR) is 83.0 cm³/mol. The first-order chi connectivity index (χ1) is 10.7. The Morgan fingerprint density at radius 1 is 0.864 bits per heavy atom. The molecule has 108 valence electrons. The minimum absolute atomic E-state index is 0.00642. The second-order valence-electron chi connectivity index (χ2n) is 4.61. The summed E-state index contributed by atoms with van der Waals surface area (Å²) < 4.78 is 0.